The van der Waals surface area contributed by atoms with Gasteiger partial charge in [0.15, 0.2) is 0 Å². The summed E-state index contributed by atoms with van der Waals surface area (Å²) in [6.07, 6.45) is 3.60. The van der Waals surface area contributed by atoms with E-state index in [1.807, 2.05) is 0 Å². The van der Waals surface area contributed by atoms with Gasteiger partial charge < -0.3 is 0 Å². The summed E-state index contributed by atoms with van der Waals surface area (Å²) in [4.78, 5) is 2.60. The van der Waals surface area contributed by atoms with Crippen LogP contribution in [0.25, 0.3) is 0 Å². The molecule has 2 rings (SSSR count). The average Bonchev–Trinajstić information content (AvgIpc) is 2.91. The number of sulfonamides is 1. The van der Waals surface area contributed by atoms with Crippen LogP contribution >= 0.6 is 11.8 Å². The number of piperidine rings is 1. The molecule has 4 nitrogen and oxygen atoms in total. The fraction of sp³-hybridized carbons (Fsp3) is 1.00. The molecule has 0 aromatic heterocycles. The quantitative estimate of drug-likeness (QED) is 0.826. The predicted molar refractivity (Wildman–Crippen MR) is 77.5 cm³/mol. The van der Waals surface area contributed by atoms with E-state index in [-0.39, 0.29) is 5.75 Å². The van der Waals surface area contributed by atoms with Gasteiger partial charge in [-0.3, -0.25) is 4.90 Å². The zero-order valence-electron chi connectivity index (χ0n) is 11.1. The Hall–Kier alpha value is 0.220. The van der Waals surface area contributed by atoms with Crippen molar-refractivity contribution in [3.63, 3.8) is 0 Å². The minimum absolute atomic E-state index is 0.186. The van der Waals surface area contributed by atoms with Gasteiger partial charge >= 0.3 is 0 Å². The maximum absolute atomic E-state index is 11.4. The molecule has 18 heavy (non-hydrogen) atoms. The fourth-order valence-corrected chi connectivity index (χ4v) is 4.63. The van der Waals surface area contributed by atoms with Crippen molar-refractivity contribution in [2.24, 2.45) is 5.92 Å². The van der Waals surface area contributed by atoms with Gasteiger partial charge in [0.05, 0.1) is 5.75 Å². The number of nitrogens with zero attached hydrogens (tertiary/aromatic N) is 1. The van der Waals surface area contributed by atoms with Crippen LogP contribution in [0.3, 0.4) is 0 Å². The van der Waals surface area contributed by atoms with Crippen molar-refractivity contribution in [2.75, 3.05) is 36.9 Å². The summed E-state index contributed by atoms with van der Waals surface area (Å²) in [6.45, 7) is 4.60. The highest BCUT2D eigenvalue weighted by Gasteiger charge is 2.27. The first-order valence-electron chi connectivity index (χ1n) is 6.90. The molecule has 2 aliphatic heterocycles. The molecule has 0 amide bonds. The Labute approximate surface area is 115 Å². The molecule has 2 saturated heterocycles. The van der Waals surface area contributed by atoms with E-state index < -0.39 is 10.0 Å². The summed E-state index contributed by atoms with van der Waals surface area (Å²) in [7, 11) is -3.01. The van der Waals surface area contributed by atoms with E-state index in [0.717, 1.165) is 32.0 Å². The van der Waals surface area contributed by atoms with E-state index in [9.17, 15) is 8.42 Å². The van der Waals surface area contributed by atoms with Crippen LogP contribution in [0.2, 0.25) is 0 Å². The third kappa shape index (κ3) is 4.11. The summed E-state index contributed by atoms with van der Waals surface area (Å²) in [5.41, 5.74) is 0. The van der Waals surface area contributed by atoms with Crippen LogP contribution < -0.4 is 4.72 Å². The van der Waals surface area contributed by atoms with E-state index in [2.05, 4.69) is 21.4 Å². The van der Waals surface area contributed by atoms with Gasteiger partial charge in [-0.05, 0) is 50.9 Å². The van der Waals surface area contributed by atoms with Gasteiger partial charge in [0.25, 0.3) is 0 Å². The zero-order valence-corrected chi connectivity index (χ0v) is 12.7. The van der Waals surface area contributed by atoms with Crippen molar-refractivity contribution in [1.82, 2.24) is 9.62 Å². The lowest BCUT2D eigenvalue weighted by Crippen LogP contribution is -2.43. The second kappa shape index (κ2) is 6.59. The topological polar surface area (TPSA) is 49.4 Å². The molecule has 6 heteroatoms. The van der Waals surface area contributed by atoms with Gasteiger partial charge in [-0.15, -0.1) is 0 Å². The summed E-state index contributed by atoms with van der Waals surface area (Å²) >= 11 is 2.06. The maximum Gasteiger partial charge on any atom is 0.211 e. The van der Waals surface area contributed by atoms with Crippen LogP contribution in [0.5, 0.6) is 0 Å². The standard InChI is InChI=1S/C12H24N2O2S2/c1-2-18(15,16)13-9-11-3-6-14(7-4-11)12-5-8-17-10-12/h11-13H,2-10H2,1H3. The number of nitrogens with one attached hydrogen (secondary N) is 1. The summed E-state index contributed by atoms with van der Waals surface area (Å²) in [5.74, 6) is 3.30. The number of hydrogen-bond acceptors (Lipinski definition) is 4. The van der Waals surface area contributed by atoms with Crippen LogP contribution in [-0.4, -0.2) is 56.3 Å². The summed E-state index contributed by atoms with van der Waals surface area (Å²) < 4.78 is 25.5. The molecular formula is C12H24N2O2S2. The molecule has 0 spiro atoms. The van der Waals surface area contributed by atoms with Crippen molar-refractivity contribution in [3.8, 4) is 0 Å². The lowest BCUT2D eigenvalue weighted by atomic mass is 9.96. The molecule has 1 N–H and O–H groups in total. The molecule has 0 aromatic rings. The first-order chi connectivity index (χ1) is 8.61. The Bertz CT molecular complexity index is 345. The first kappa shape index (κ1) is 14.6. The Kier molecular flexibility index (Phi) is 5.35. The average molecular weight is 292 g/mol. The minimum Gasteiger partial charge on any atom is -0.300 e. The lowest BCUT2D eigenvalue weighted by Gasteiger charge is -2.35. The summed E-state index contributed by atoms with van der Waals surface area (Å²) in [5, 5.41) is 0. The summed E-state index contributed by atoms with van der Waals surface area (Å²) in [6, 6.07) is 0.781. The maximum atomic E-state index is 11.4. The van der Waals surface area contributed by atoms with Crippen molar-refractivity contribution < 1.29 is 8.42 Å². The largest absolute Gasteiger partial charge is 0.300 e. The highest BCUT2D eigenvalue weighted by atomic mass is 32.2. The van der Waals surface area contributed by atoms with E-state index in [0.29, 0.717) is 12.5 Å². The molecule has 0 saturated carbocycles. The monoisotopic (exact) mass is 292 g/mol. The lowest BCUT2D eigenvalue weighted by molar-refractivity contribution is 0.145. The third-order valence-electron chi connectivity index (χ3n) is 4.04. The molecule has 0 aromatic carbocycles. The Balaban J connectivity index is 1.70. The third-order valence-corrected chi connectivity index (χ3v) is 6.55. The molecule has 0 bridgehead atoms. The van der Waals surface area contributed by atoms with Crippen molar-refractivity contribution >= 4 is 21.8 Å². The highest BCUT2D eigenvalue weighted by Crippen LogP contribution is 2.26. The predicted octanol–water partition coefficient (Wildman–Crippen LogP) is 1.14. The van der Waals surface area contributed by atoms with Crippen LogP contribution in [0.4, 0.5) is 0 Å². The first-order valence-corrected chi connectivity index (χ1v) is 9.70. The van der Waals surface area contributed by atoms with E-state index in [4.69, 9.17) is 0 Å². The van der Waals surface area contributed by atoms with E-state index in [1.165, 1.54) is 17.9 Å². The molecule has 0 aliphatic carbocycles. The van der Waals surface area contributed by atoms with Crippen molar-refractivity contribution in [2.45, 2.75) is 32.2 Å². The van der Waals surface area contributed by atoms with Crippen molar-refractivity contribution in [1.29, 1.82) is 0 Å². The molecule has 2 heterocycles. The smallest absolute Gasteiger partial charge is 0.211 e. The molecule has 1 atom stereocenters. The van der Waals surface area contributed by atoms with Crippen LogP contribution in [0, 0.1) is 5.92 Å². The zero-order chi connectivity index (χ0) is 13.0. The van der Waals surface area contributed by atoms with Crippen LogP contribution in [0.15, 0.2) is 0 Å². The van der Waals surface area contributed by atoms with Gasteiger partial charge in [0.2, 0.25) is 10.0 Å². The second-order valence-corrected chi connectivity index (χ2v) is 8.49. The molecular weight excluding hydrogens is 268 g/mol. The van der Waals surface area contributed by atoms with E-state index >= 15 is 0 Å². The van der Waals surface area contributed by atoms with Gasteiger partial charge in [-0.25, -0.2) is 13.1 Å². The molecule has 0 radical (unpaired) electrons. The number of likely N-dealkylation sites (tertiary alicyclic amines) is 1. The van der Waals surface area contributed by atoms with Gasteiger partial charge in [0.1, 0.15) is 0 Å². The number of hydrogen-bond donors (Lipinski definition) is 1. The van der Waals surface area contributed by atoms with Gasteiger partial charge in [0, 0.05) is 18.3 Å². The van der Waals surface area contributed by atoms with Gasteiger partial charge in [-0.1, -0.05) is 0 Å². The number of thioether (sulfide) groups is 1. The van der Waals surface area contributed by atoms with Crippen LogP contribution in [0.1, 0.15) is 26.2 Å². The molecule has 2 fully saturated rings. The molecule has 2 aliphatic rings. The van der Waals surface area contributed by atoms with Crippen LogP contribution in [-0.2, 0) is 10.0 Å². The van der Waals surface area contributed by atoms with Gasteiger partial charge in [-0.2, -0.15) is 11.8 Å². The SMILES string of the molecule is CCS(=O)(=O)NCC1CCN(C2CCSC2)CC1. The Morgan fingerprint density at radius 2 is 2.00 bits per heavy atom. The van der Waals surface area contributed by atoms with E-state index in [1.54, 1.807) is 6.92 Å². The van der Waals surface area contributed by atoms with Crippen molar-refractivity contribution in [3.05, 3.63) is 0 Å². The highest BCUT2D eigenvalue weighted by molar-refractivity contribution is 7.99. The fourth-order valence-electron chi connectivity index (χ4n) is 2.68. The molecule has 1 unspecified atom stereocenters. The Morgan fingerprint density at radius 1 is 1.28 bits per heavy atom. The molecule has 106 valence electrons. The second-order valence-electron chi connectivity index (χ2n) is 5.25. The number of rotatable bonds is 5. The normalized spacial score (nSPS) is 27.7. The minimum atomic E-state index is -3.01. The Morgan fingerprint density at radius 3 is 2.56 bits per heavy atom.